The van der Waals surface area contributed by atoms with E-state index in [4.69, 9.17) is 9.47 Å². The lowest BCUT2D eigenvalue weighted by atomic mass is 10.0. The summed E-state index contributed by atoms with van der Waals surface area (Å²) < 4.78 is 10.4. The minimum Gasteiger partial charge on any atom is -0.379 e. The average Bonchev–Trinajstić information content (AvgIpc) is 2.83. The van der Waals surface area contributed by atoms with Crippen LogP contribution in [0.3, 0.4) is 0 Å². The van der Waals surface area contributed by atoms with Crippen LogP contribution in [-0.4, -0.2) is 62.4 Å². The van der Waals surface area contributed by atoms with Gasteiger partial charge in [-0.05, 0) is 84.1 Å². The number of hydrogen-bond donors (Lipinski definition) is 3. The van der Waals surface area contributed by atoms with Gasteiger partial charge in [-0.25, -0.2) is 0 Å². The van der Waals surface area contributed by atoms with E-state index in [2.05, 4.69) is 113 Å². The van der Waals surface area contributed by atoms with Crippen LogP contribution in [-0.2, 0) is 19.1 Å². The third-order valence-electron chi connectivity index (χ3n) is 4.85. The van der Waals surface area contributed by atoms with Crippen molar-refractivity contribution >= 4 is 11.8 Å². The molecule has 0 fully saturated rings. The van der Waals surface area contributed by atoms with Gasteiger partial charge < -0.3 is 25.4 Å². The van der Waals surface area contributed by atoms with Crippen molar-refractivity contribution in [2.24, 2.45) is 35.5 Å². The molecule has 0 aliphatic heterocycles. The van der Waals surface area contributed by atoms with Crippen LogP contribution >= 0.6 is 0 Å². The van der Waals surface area contributed by atoms with Crippen LogP contribution in [0.1, 0.15) is 145 Å². The summed E-state index contributed by atoms with van der Waals surface area (Å²) in [6.45, 7) is 44.9. The van der Waals surface area contributed by atoms with Crippen molar-refractivity contribution in [3.8, 4) is 0 Å². The van der Waals surface area contributed by atoms with Gasteiger partial charge >= 0.3 is 0 Å². The summed E-state index contributed by atoms with van der Waals surface area (Å²) in [6.07, 6.45) is 1.87. The summed E-state index contributed by atoms with van der Waals surface area (Å²) in [5, 5.41) is 8.92. The number of carbonyl (C=O) groups excluding carboxylic acids is 2. The Balaban J connectivity index is -0.000000145. The van der Waals surface area contributed by atoms with Gasteiger partial charge in [-0.3, -0.25) is 9.59 Å². The first kappa shape index (κ1) is 52.4. The van der Waals surface area contributed by atoms with Crippen molar-refractivity contribution in [2.75, 3.05) is 26.3 Å². The minimum atomic E-state index is -0.0475. The van der Waals surface area contributed by atoms with Crippen LogP contribution < -0.4 is 16.0 Å². The van der Waals surface area contributed by atoms with Crippen molar-refractivity contribution in [3.05, 3.63) is 0 Å². The van der Waals surface area contributed by atoms with Gasteiger partial charge in [0.15, 0.2) is 0 Å². The molecule has 0 radical (unpaired) electrons. The number of carbonyl (C=O) groups is 2. The monoisotopic (exact) mass is 634 g/mol. The van der Waals surface area contributed by atoms with Gasteiger partial charge in [-0.2, -0.15) is 0 Å². The zero-order valence-corrected chi connectivity index (χ0v) is 33.4. The lowest BCUT2D eigenvalue weighted by Gasteiger charge is -2.10. The molecule has 0 aromatic heterocycles. The fourth-order valence-corrected chi connectivity index (χ4v) is 2.91. The largest absolute Gasteiger partial charge is 0.379 e. The molecule has 0 bridgehead atoms. The second kappa shape index (κ2) is 34.7. The molecule has 0 aromatic carbocycles. The van der Waals surface area contributed by atoms with E-state index in [9.17, 15) is 9.59 Å². The van der Waals surface area contributed by atoms with Crippen LogP contribution in [0.25, 0.3) is 0 Å². The van der Waals surface area contributed by atoms with Gasteiger partial charge in [0.1, 0.15) is 6.61 Å². The van der Waals surface area contributed by atoms with Crippen molar-refractivity contribution in [1.29, 1.82) is 0 Å². The van der Waals surface area contributed by atoms with Gasteiger partial charge in [0, 0.05) is 31.2 Å². The molecular weight excluding hydrogens is 550 g/mol. The normalized spacial score (nSPS) is 11.0. The standard InChI is InChI=1S/C8H17NO2.C8H17NO.C7H17N.C7H16O.C7H16/c1-6(2)9-8(10)5-11-7(3)4;1-6(2)5-9-8(10)7(3)4;2*1-6(2)5-8-7(3)4;1-6(2)5-7(3)4/h6-7H,5H2,1-4H3,(H,9,10);6-7H,5H2,1-4H3,(H,9,10);6-8H,5H2,1-4H3;6-7H,5H2,1-4H3;6-7H,5H2,1-4H3. The van der Waals surface area contributed by atoms with Gasteiger partial charge in [-0.15, -0.1) is 0 Å². The molecule has 2 amide bonds. The van der Waals surface area contributed by atoms with E-state index in [1.54, 1.807) is 0 Å². The first-order chi connectivity index (χ1) is 19.9. The highest BCUT2D eigenvalue weighted by Crippen LogP contribution is 2.08. The second-order valence-corrected chi connectivity index (χ2v) is 15.1. The molecular formula is C37H83N3O4. The lowest BCUT2D eigenvalue weighted by Crippen LogP contribution is -2.33. The first-order valence-corrected chi connectivity index (χ1v) is 17.5. The molecule has 7 heteroatoms. The molecule has 0 unspecified atom stereocenters. The van der Waals surface area contributed by atoms with Crippen LogP contribution in [0.15, 0.2) is 0 Å². The number of nitrogens with one attached hydrogen (secondary N) is 3. The van der Waals surface area contributed by atoms with E-state index in [1.165, 1.54) is 6.42 Å². The predicted molar refractivity (Wildman–Crippen MR) is 195 cm³/mol. The van der Waals surface area contributed by atoms with E-state index < -0.39 is 0 Å². The quantitative estimate of drug-likeness (QED) is 0.168. The van der Waals surface area contributed by atoms with Crippen LogP contribution in [0, 0.1) is 35.5 Å². The summed E-state index contributed by atoms with van der Waals surface area (Å²) in [6, 6.07) is 0.829. The number of rotatable bonds is 15. The van der Waals surface area contributed by atoms with Gasteiger partial charge in [-0.1, -0.05) is 96.9 Å². The molecule has 0 aliphatic carbocycles. The maximum atomic E-state index is 10.9. The van der Waals surface area contributed by atoms with Crippen LogP contribution in [0.5, 0.6) is 0 Å². The topological polar surface area (TPSA) is 88.7 Å². The smallest absolute Gasteiger partial charge is 0.246 e. The number of amides is 2. The van der Waals surface area contributed by atoms with Gasteiger partial charge in [0.25, 0.3) is 0 Å². The highest BCUT2D eigenvalue weighted by Gasteiger charge is 2.05. The maximum absolute atomic E-state index is 10.9. The van der Waals surface area contributed by atoms with E-state index in [1.807, 2.05) is 41.5 Å². The third kappa shape index (κ3) is 68.1. The number of hydrogen-bond acceptors (Lipinski definition) is 5. The molecule has 0 atom stereocenters. The average molecular weight is 634 g/mol. The second-order valence-electron chi connectivity index (χ2n) is 15.1. The van der Waals surface area contributed by atoms with E-state index >= 15 is 0 Å². The molecule has 0 aromatic rings. The maximum Gasteiger partial charge on any atom is 0.246 e. The molecule has 7 nitrogen and oxygen atoms in total. The first-order valence-electron chi connectivity index (χ1n) is 17.5. The van der Waals surface area contributed by atoms with Crippen LogP contribution in [0.4, 0.5) is 0 Å². The summed E-state index contributed by atoms with van der Waals surface area (Å²) in [5.74, 6) is 3.94. The summed E-state index contributed by atoms with van der Waals surface area (Å²) in [5.41, 5.74) is 0. The Morgan fingerprint density at radius 3 is 1.16 bits per heavy atom. The SMILES string of the molecule is CC(C)CC(C)C.CC(C)CNC(=O)C(C)C.CC(C)CNC(C)C.CC(C)COC(C)C.CC(C)NC(=O)COC(C)C. The molecule has 44 heavy (non-hydrogen) atoms. The summed E-state index contributed by atoms with van der Waals surface area (Å²) >= 11 is 0. The molecule has 0 saturated heterocycles. The van der Waals surface area contributed by atoms with Crippen molar-refractivity contribution < 1.29 is 19.1 Å². The van der Waals surface area contributed by atoms with Gasteiger partial charge in [0.05, 0.1) is 12.2 Å². The van der Waals surface area contributed by atoms with Gasteiger partial charge in [0.2, 0.25) is 11.8 Å². The molecule has 3 N–H and O–H groups in total. The highest BCUT2D eigenvalue weighted by molar-refractivity contribution is 5.77. The molecule has 0 saturated carbocycles. The molecule has 0 aliphatic rings. The van der Waals surface area contributed by atoms with Crippen LogP contribution in [0.2, 0.25) is 0 Å². The zero-order valence-electron chi connectivity index (χ0n) is 33.4. The molecule has 0 heterocycles. The Labute approximate surface area is 277 Å². The Morgan fingerprint density at radius 2 is 0.955 bits per heavy atom. The summed E-state index contributed by atoms with van der Waals surface area (Å²) in [7, 11) is 0. The van der Waals surface area contributed by atoms with E-state index in [0.717, 1.165) is 37.5 Å². The molecule has 270 valence electrons. The predicted octanol–water partition coefficient (Wildman–Crippen LogP) is 8.75. The Morgan fingerprint density at radius 1 is 0.523 bits per heavy atom. The number of ether oxygens (including phenoxy) is 2. The Bertz CT molecular complexity index is 562. The zero-order chi connectivity index (χ0) is 36.0. The third-order valence-corrected chi connectivity index (χ3v) is 4.85. The summed E-state index contributed by atoms with van der Waals surface area (Å²) in [4.78, 5) is 21.9. The van der Waals surface area contributed by atoms with Crippen molar-refractivity contribution in [2.45, 2.75) is 169 Å². The minimum absolute atomic E-state index is 0.0475. The highest BCUT2D eigenvalue weighted by atomic mass is 16.5. The van der Waals surface area contributed by atoms with Crippen molar-refractivity contribution in [1.82, 2.24) is 16.0 Å². The molecule has 0 rings (SSSR count). The fraction of sp³-hybridized carbons (Fsp3) is 0.946. The Hall–Kier alpha value is -1.18. The fourth-order valence-electron chi connectivity index (χ4n) is 2.91. The van der Waals surface area contributed by atoms with Crippen molar-refractivity contribution in [3.63, 3.8) is 0 Å². The van der Waals surface area contributed by atoms with E-state index in [-0.39, 0.29) is 36.5 Å². The molecule has 0 spiro atoms. The lowest BCUT2D eigenvalue weighted by molar-refractivity contribution is -0.127. The Kier molecular flexibility index (Phi) is 41.3. The van der Waals surface area contributed by atoms with E-state index in [0.29, 0.717) is 24.0 Å².